The number of H-pyrrole nitrogens is 1. The van der Waals surface area contributed by atoms with Crippen LogP contribution >= 0.6 is 23.1 Å². The van der Waals surface area contributed by atoms with E-state index in [1.807, 2.05) is 13.8 Å². The number of thiophene rings is 1. The number of hydrogen-bond donors (Lipinski definition) is 2. The topological polar surface area (TPSA) is 71.8 Å². The number of aromatic amines is 1. The number of aromatic nitrogens is 2. The maximum atomic E-state index is 12.1. The number of fused-ring (bicyclic) bond motifs is 1. The molecule has 4 nitrogen and oxygen atoms in total. The van der Waals surface area contributed by atoms with Crippen molar-refractivity contribution in [2.24, 2.45) is 5.73 Å². The largest absolute Gasteiger partial charge is 0.327 e. The highest BCUT2D eigenvalue weighted by atomic mass is 32.2. The van der Waals surface area contributed by atoms with E-state index >= 15 is 0 Å². The predicted octanol–water partition coefficient (Wildman–Crippen LogP) is 2.57. The van der Waals surface area contributed by atoms with Gasteiger partial charge in [0.25, 0.3) is 5.56 Å². The quantitative estimate of drug-likeness (QED) is 0.889. The van der Waals surface area contributed by atoms with Crippen molar-refractivity contribution in [2.45, 2.75) is 39.0 Å². The van der Waals surface area contributed by atoms with Crippen LogP contribution in [0.25, 0.3) is 10.2 Å². The van der Waals surface area contributed by atoms with E-state index in [0.717, 1.165) is 38.7 Å². The highest BCUT2D eigenvalue weighted by molar-refractivity contribution is 7.98. The van der Waals surface area contributed by atoms with E-state index in [9.17, 15) is 4.79 Å². The first kappa shape index (κ1) is 14.6. The first-order valence-corrected chi connectivity index (χ1v) is 8.32. The van der Waals surface area contributed by atoms with E-state index in [4.69, 9.17) is 5.73 Å². The molecule has 0 aliphatic rings. The van der Waals surface area contributed by atoms with Gasteiger partial charge in [0.2, 0.25) is 0 Å². The van der Waals surface area contributed by atoms with E-state index in [-0.39, 0.29) is 11.6 Å². The molecule has 1 unspecified atom stereocenters. The van der Waals surface area contributed by atoms with Crippen molar-refractivity contribution in [1.82, 2.24) is 9.97 Å². The fourth-order valence-corrected chi connectivity index (χ4v) is 3.83. The van der Waals surface area contributed by atoms with Gasteiger partial charge in [-0.05, 0) is 25.8 Å². The molecule has 3 N–H and O–H groups in total. The normalized spacial score (nSPS) is 13.1. The molecule has 104 valence electrons. The molecule has 0 aliphatic carbocycles. The maximum Gasteiger partial charge on any atom is 0.259 e. The van der Waals surface area contributed by atoms with Crippen molar-refractivity contribution in [2.75, 3.05) is 5.75 Å². The molecule has 0 fully saturated rings. The third-order valence-electron chi connectivity index (χ3n) is 3.18. The van der Waals surface area contributed by atoms with Gasteiger partial charge < -0.3 is 10.7 Å². The van der Waals surface area contributed by atoms with Crippen LogP contribution in [-0.4, -0.2) is 21.8 Å². The van der Waals surface area contributed by atoms with Crippen molar-refractivity contribution < 1.29 is 0 Å². The lowest BCUT2D eigenvalue weighted by molar-refractivity contribution is 0.724. The minimum absolute atomic E-state index is 0.0257. The lowest BCUT2D eigenvalue weighted by Gasteiger charge is -2.07. The van der Waals surface area contributed by atoms with Crippen LogP contribution in [0.1, 0.15) is 29.6 Å². The fraction of sp³-hybridized carbons (Fsp3) is 0.538. The summed E-state index contributed by atoms with van der Waals surface area (Å²) >= 11 is 3.30. The Hall–Kier alpha value is -0.850. The summed E-state index contributed by atoms with van der Waals surface area (Å²) in [5.74, 6) is 2.34. The number of hydrogen-bond acceptors (Lipinski definition) is 5. The number of nitrogens with zero attached hydrogens (tertiary/aromatic N) is 1. The molecule has 2 rings (SSSR count). The average molecular weight is 297 g/mol. The molecule has 0 bridgehead atoms. The Bertz CT molecular complexity index is 633. The van der Waals surface area contributed by atoms with Crippen molar-refractivity contribution in [3.8, 4) is 0 Å². The van der Waals surface area contributed by atoms with Gasteiger partial charge >= 0.3 is 0 Å². The highest BCUT2D eigenvalue weighted by Gasteiger charge is 2.11. The Morgan fingerprint density at radius 2 is 2.21 bits per heavy atom. The number of nitrogens with one attached hydrogen (secondary N) is 1. The third-order valence-corrected chi connectivity index (χ3v) is 5.43. The van der Waals surface area contributed by atoms with E-state index in [1.165, 1.54) is 0 Å². The van der Waals surface area contributed by atoms with Gasteiger partial charge in [-0.2, -0.15) is 11.8 Å². The number of thioether (sulfide) groups is 1. The molecule has 0 saturated carbocycles. The summed E-state index contributed by atoms with van der Waals surface area (Å²) < 4.78 is 0. The molecule has 0 saturated heterocycles. The Labute approximate surface area is 120 Å². The van der Waals surface area contributed by atoms with Crippen LogP contribution in [0.4, 0.5) is 0 Å². The molecule has 6 heteroatoms. The Morgan fingerprint density at radius 3 is 2.89 bits per heavy atom. The van der Waals surface area contributed by atoms with E-state index in [2.05, 4.69) is 16.9 Å². The highest BCUT2D eigenvalue weighted by Crippen LogP contribution is 2.26. The van der Waals surface area contributed by atoms with Crippen LogP contribution in [0.3, 0.4) is 0 Å². The second kappa shape index (κ2) is 6.07. The third kappa shape index (κ3) is 3.19. The van der Waals surface area contributed by atoms with Gasteiger partial charge in [-0.3, -0.25) is 4.79 Å². The fourth-order valence-electron chi connectivity index (χ4n) is 1.79. The van der Waals surface area contributed by atoms with Gasteiger partial charge in [-0.25, -0.2) is 4.98 Å². The van der Waals surface area contributed by atoms with Crippen LogP contribution in [-0.2, 0) is 5.75 Å². The average Bonchev–Trinajstić information content (AvgIpc) is 2.65. The van der Waals surface area contributed by atoms with Crippen molar-refractivity contribution in [1.29, 1.82) is 0 Å². The van der Waals surface area contributed by atoms with Gasteiger partial charge in [0.1, 0.15) is 10.7 Å². The van der Waals surface area contributed by atoms with Crippen LogP contribution < -0.4 is 11.3 Å². The molecule has 0 radical (unpaired) electrons. The Balaban J connectivity index is 2.20. The lowest BCUT2D eigenvalue weighted by atomic mass is 10.2. The molecule has 0 amide bonds. The molecular weight excluding hydrogens is 278 g/mol. The summed E-state index contributed by atoms with van der Waals surface area (Å²) in [5, 5.41) is 0.738. The molecule has 0 spiro atoms. The minimum Gasteiger partial charge on any atom is -0.327 e. The number of rotatable bonds is 5. The summed E-state index contributed by atoms with van der Waals surface area (Å²) in [6, 6.07) is 0.215. The SMILES string of the molecule is CCC(N)CSCc1nc2sc(C)c(C)c2c(=O)[nH]1. The van der Waals surface area contributed by atoms with E-state index in [0.29, 0.717) is 5.75 Å². The standard InChI is InChI=1S/C13H19N3OS2/c1-4-9(14)5-18-6-10-15-12(17)11-7(2)8(3)19-13(11)16-10/h9H,4-6,14H2,1-3H3,(H,15,16,17). The summed E-state index contributed by atoms with van der Waals surface area (Å²) in [6.45, 7) is 6.07. The van der Waals surface area contributed by atoms with Crippen LogP contribution in [0.15, 0.2) is 4.79 Å². The zero-order valence-electron chi connectivity index (χ0n) is 11.4. The van der Waals surface area contributed by atoms with Crippen molar-refractivity contribution >= 4 is 33.3 Å². The van der Waals surface area contributed by atoms with Crippen molar-refractivity contribution in [3.63, 3.8) is 0 Å². The predicted molar refractivity (Wildman–Crippen MR) is 84.1 cm³/mol. The monoisotopic (exact) mass is 297 g/mol. The first-order chi connectivity index (χ1) is 9.02. The van der Waals surface area contributed by atoms with Gasteiger partial charge in [0.05, 0.1) is 11.1 Å². The van der Waals surface area contributed by atoms with Crippen LogP contribution in [0, 0.1) is 13.8 Å². The van der Waals surface area contributed by atoms with Crippen LogP contribution in [0.5, 0.6) is 0 Å². The van der Waals surface area contributed by atoms with E-state index in [1.54, 1.807) is 23.1 Å². The zero-order chi connectivity index (χ0) is 14.0. The summed E-state index contributed by atoms with van der Waals surface area (Å²) in [6.07, 6.45) is 0.972. The molecule has 0 aliphatic heterocycles. The van der Waals surface area contributed by atoms with Gasteiger partial charge in [-0.15, -0.1) is 11.3 Å². The number of nitrogens with two attached hydrogens (primary N) is 1. The van der Waals surface area contributed by atoms with Crippen molar-refractivity contribution in [3.05, 3.63) is 26.6 Å². The summed E-state index contributed by atoms with van der Waals surface area (Å²) in [4.78, 5) is 21.5. The molecule has 19 heavy (non-hydrogen) atoms. The summed E-state index contributed by atoms with van der Waals surface area (Å²) in [7, 11) is 0. The Morgan fingerprint density at radius 1 is 1.47 bits per heavy atom. The van der Waals surface area contributed by atoms with Gasteiger partial charge in [-0.1, -0.05) is 6.92 Å². The smallest absolute Gasteiger partial charge is 0.259 e. The molecule has 2 aromatic rings. The molecule has 0 aromatic carbocycles. The lowest BCUT2D eigenvalue weighted by Crippen LogP contribution is -2.21. The zero-order valence-corrected chi connectivity index (χ0v) is 13.1. The van der Waals surface area contributed by atoms with Gasteiger partial charge in [0.15, 0.2) is 0 Å². The molecular formula is C13H19N3OS2. The van der Waals surface area contributed by atoms with Crippen LogP contribution in [0.2, 0.25) is 0 Å². The Kier molecular flexibility index (Phi) is 4.65. The molecule has 2 heterocycles. The second-order valence-corrected chi connectivity index (χ2v) is 6.89. The molecule has 2 aromatic heterocycles. The molecule has 1 atom stereocenters. The summed E-state index contributed by atoms with van der Waals surface area (Å²) in [5.41, 5.74) is 6.89. The maximum absolute atomic E-state index is 12.1. The number of aryl methyl sites for hydroxylation is 2. The minimum atomic E-state index is -0.0257. The van der Waals surface area contributed by atoms with Gasteiger partial charge in [0, 0.05) is 16.7 Å². The van der Waals surface area contributed by atoms with E-state index < -0.39 is 0 Å². The first-order valence-electron chi connectivity index (χ1n) is 6.35. The second-order valence-electron chi connectivity index (χ2n) is 4.66.